The van der Waals surface area contributed by atoms with Crippen molar-refractivity contribution in [1.82, 2.24) is 0 Å². The molecule has 0 aliphatic carbocycles. The highest BCUT2D eigenvalue weighted by Crippen LogP contribution is 2.09. The van der Waals surface area contributed by atoms with Gasteiger partial charge in [0.25, 0.3) is 0 Å². The van der Waals surface area contributed by atoms with E-state index in [-0.39, 0.29) is 6.23 Å². The summed E-state index contributed by atoms with van der Waals surface area (Å²) in [5.74, 6) is 0. The Labute approximate surface area is 64.1 Å². The Bertz CT molecular complexity index is 79.0. The van der Waals surface area contributed by atoms with Crippen molar-refractivity contribution in [1.29, 1.82) is 0 Å². The van der Waals surface area contributed by atoms with Gasteiger partial charge in [-0.25, -0.2) is 0 Å². The first-order valence-corrected chi connectivity index (χ1v) is 3.96. The third-order valence-corrected chi connectivity index (χ3v) is 2.50. The Hall–Kier alpha value is -0.0800. The van der Waals surface area contributed by atoms with Gasteiger partial charge in [0, 0.05) is 13.8 Å². The molecule has 1 unspecified atom stereocenters. The lowest BCUT2D eigenvalue weighted by Crippen LogP contribution is -2.53. The summed E-state index contributed by atoms with van der Waals surface area (Å²) in [7, 11) is 0. The van der Waals surface area contributed by atoms with Crippen molar-refractivity contribution in [2.75, 3.05) is 19.6 Å². The van der Waals surface area contributed by atoms with Crippen LogP contribution in [-0.4, -0.2) is 35.5 Å². The van der Waals surface area contributed by atoms with Crippen LogP contribution < -0.4 is 0 Å². The lowest BCUT2D eigenvalue weighted by Gasteiger charge is -2.38. The molecule has 1 atom stereocenters. The molecular formula is C8H19NO+. The molecule has 0 rings (SSSR count). The maximum atomic E-state index is 9.39. The predicted molar refractivity (Wildman–Crippen MR) is 43.2 cm³/mol. The van der Waals surface area contributed by atoms with Gasteiger partial charge in [-0.3, -0.25) is 4.48 Å². The van der Waals surface area contributed by atoms with Crippen LogP contribution in [0, 0.1) is 6.92 Å². The molecule has 0 saturated heterocycles. The van der Waals surface area contributed by atoms with Crippen molar-refractivity contribution in [3.05, 3.63) is 6.92 Å². The van der Waals surface area contributed by atoms with Crippen molar-refractivity contribution in [2.45, 2.75) is 27.0 Å². The summed E-state index contributed by atoms with van der Waals surface area (Å²) < 4.78 is 0.708. The molecule has 0 heterocycles. The van der Waals surface area contributed by atoms with E-state index in [2.05, 4.69) is 20.8 Å². The van der Waals surface area contributed by atoms with Crippen molar-refractivity contribution >= 4 is 0 Å². The third kappa shape index (κ3) is 1.70. The highest BCUT2D eigenvalue weighted by Gasteiger charge is 2.25. The van der Waals surface area contributed by atoms with Crippen LogP contribution in [-0.2, 0) is 0 Å². The summed E-state index contributed by atoms with van der Waals surface area (Å²) in [6, 6.07) is 0. The zero-order valence-corrected chi connectivity index (χ0v) is 7.30. The minimum Gasteiger partial charge on any atom is -0.345 e. The van der Waals surface area contributed by atoms with Crippen LogP contribution in [0.5, 0.6) is 0 Å². The molecule has 0 bridgehead atoms. The van der Waals surface area contributed by atoms with Gasteiger partial charge in [0.05, 0.1) is 19.6 Å². The van der Waals surface area contributed by atoms with E-state index in [1.54, 1.807) is 0 Å². The van der Waals surface area contributed by atoms with E-state index in [0.717, 1.165) is 19.6 Å². The summed E-state index contributed by atoms with van der Waals surface area (Å²) in [5, 5.41) is 9.39. The number of aliphatic hydroxyl groups excluding tert-OH is 1. The highest BCUT2D eigenvalue weighted by atomic mass is 16.3. The van der Waals surface area contributed by atoms with Crippen molar-refractivity contribution in [3.63, 3.8) is 0 Å². The van der Waals surface area contributed by atoms with Crippen LogP contribution in [0.3, 0.4) is 0 Å². The monoisotopic (exact) mass is 145 g/mol. The molecule has 10 heavy (non-hydrogen) atoms. The SMILES string of the molecule is [CH2]C[N+](CC)(CC)C(C)O. The van der Waals surface area contributed by atoms with Crippen molar-refractivity contribution < 1.29 is 9.59 Å². The molecule has 61 valence electrons. The van der Waals surface area contributed by atoms with E-state index in [1.165, 1.54) is 0 Å². The fourth-order valence-corrected chi connectivity index (χ4v) is 1.26. The Balaban J connectivity index is 4.15. The molecule has 1 radical (unpaired) electrons. The molecule has 0 aliphatic heterocycles. The van der Waals surface area contributed by atoms with Gasteiger partial charge in [0.1, 0.15) is 0 Å². The zero-order chi connectivity index (χ0) is 8.20. The molecule has 0 spiro atoms. The fourth-order valence-electron chi connectivity index (χ4n) is 1.26. The predicted octanol–water partition coefficient (Wildman–Crippen LogP) is 1.02. The fraction of sp³-hybridized carbons (Fsp3) is 0.875. The molecule has 0 aliphatic rings. The Morgan fingerprint density at radius 3 is 1.80 bits per heavy atom. The third-order valence-electron chi connectivity index (χ3n) is 2.50. The first-order chi connectivity index (χ1) is 4.63. The van der Waals surface area contributed by atoms with E-state index < -0.39 is 0 Å². The lowest BCUT2D eigenvalue weighted by atomic mass is 10.3. The van der Waals surface area contributed by atoms with Gasteiger partial charge in [-0.05, 0) is 13.8 Å². The van der Waals surface area contributed by atoms with Crippen LogP contribution in [0.25, 0.3) is 0 Å². The van der Waals surface area contributed by atoms with E-state index >= 15 is 0 Å². The molecule has 2 heteroatoms. The molecule has 0 amide bonds. The number of rotatable bonds is 4. The lowest BCUT2D eigenvalue weighted by molar-refractivity contribution is -0.961. The Morgan fingerprint density at radius 1 is 1.40 bits per heavy atom. The summed E-state index contributed by atoms with van der Waals surface area (Å²) >= 11 is 0. The smallest absolute Gasteiger partial charge is 0.187 e. The molecule has 0 aromatic rings. The maximum absolute atomic E-state index is 9.39. The molecule has 1 N–H and O–H groups in total. The minimum atomic E-state index is -0.285. The zero-order valence-electron chi connectivity index (χ0n) is 7.30. The normalized spacial score (nSPS) is 15.3. The topological polar surface area (TPSA) is 20.2 Å². The van der Waals surface area contributed by atoms with Crippen LogP contribution in [0.1, 0.15) is 20.8 Å². The molecular weight excluding hydrogens is 126 g/mol. The first-order valence-electron chi connectivity index (χ1n) is 3.96. The van der Waals surface area contributed by atoms with Gasteiger partial charge in [-0.15, -0.1) is 0 Å². The Kier molecular flexibility index (Phi) is 3.91. The minimum absolute atomic E-state index is 0.285. The van der Waals surface area contributed by atoms with Gasteiger partial charge in [-0.1, -0.05) is 0 Å². The average molecular weight is 145 g/mol. The first kappa shape index (κ1) is 9.92. The van der Waals surface area contributed by atoms with Gasteiger partial charge in [0.15, 0.2) is 6.23 Å². The van der Waals surface area contributed by atoms with Crippen molar-refractivity contribution in [3.8, 4) is 0 Å². The number of hydrogen-bond donors (Lipinski definition) is 1. The van der Waals surface area contributed by atoms with Crippen LogP contribution in [0.4, 0.5) is 0 Å². The van der Waals surface area contributed by atoms with E-state index in [0.29, 0.717) is 4.48 Å². The molecule has 0 aromatic carbocycles. The van der Waals surface area contributed by atoms with Crippen LogP contribution in [0.2, 0.25) is 0 Å². The van der Waals surface area contributed by atoms with Gasteiger partial charge >= 0.3 is 0 Å². The number of hydrogen-bond acceptors (Lipinski definition) is 1. The number of quaternary nitrogens is 1. The quantitative estimate of drug-likeness (QED) is 0.462. The second-order valence-electron chi connectivity index (χ2n) is 2.71. The molecule has 0 saturated carbocycles. The maximum Gasteiger partial charge on any atom is 0.187 e. The summed E-state index contributed by atoms with van der Waals surface area (Å²) in [4.78, 5) is 0. The number of aliphatic hydroxyl groups is 1. The van der Waals surface area contributed by atoms with Gasteiger partial charge in [0.2, 0.25) is 0 Å². The molecule has 0 aromatic heterocycles. The second-order valence-corrected chi connectivity index (χ2v) is 2.71. The standard InChI is InChI=1S/C8H19NO/c1-5-9(6-2,7-3)8(4)10/h8,10H,1,5-7H2,2-4H3/q+1. The summed E-state index contributed by atoms with van der Waals surface area (Å²) in [6.45, 7) is 12.5. The Morgan fingerprint density at radius 2 is 1.80 bits per heavy atom. The van der Waals surface area contributed by atoms with Crippen molar-refractivity contribution in [2.24, 2.45) is 0 Å². The summed E-state index contributed by atoms with van der Waals surface area (Å²) in [5.41, 5.74) is 0. The number of nitrogens with zero attached hydrogens (tertiary/aromatic N) is 1. The van der Waals surface area contributed by atoms with E-state index in [9.17, 15) is 5.11 Å². The molecule has 2 nitrogen and oxygen atoms in total. The average Bonchev–Trinajstić information content (AvgIpc) is 1.92. The van der Waals surface area contributed by atoms with E-state index in [1.807, 2.05) is 6.92 Å². The highest BCUT2D eigenvalue weighted by molar-refractivity contribution is 4.42. The van der Waals surface area contributed by atoms with Gasteiger partial charge in [-0.2, -0.15) is 0 Å². The van der Waals surface area contributed by atoms with E-state index in [4.69, 9.17) is 0 Å². The van der Waals surface area contributed by atoms with Crippen LogP contribution >= 0.6 is 0 Å². The second kappa shape index (κ2) is 3.94. The summed E-state index contributed by atoms with van der Waals surface area (Å²) in [6.07, 6.45) is -0.285. The largest absolute Gasteiger partial charge is 0.345 e. The molecule has 0 fully saturated rings. The van der Waals surface area contributed by atoms with Gasteiger partial charge < -0.3 is 5.11 Å². The van der Waals surface area contributed by atoms with Crippen LogP contribution in [0.15, 0.2) is 0 Å².